The van der Waals surface area contributed by atoms with Gasteiger partial charge in [0.15, 0.2) is 11.6 Å². The van der Waals surface area contributed by atoms with Crippen molar-refractivity contribution in [2.45, 2.75) is 13.8 Å². The molecular weight excluding hydrogens is 375 g/mol. The van der Waals surface area contributed by atoms with E-state index in [4.69, 9.17) is 4.74 Å². The molecule has 0 aliphatic rings. The molecule has 0 atom stereocenters. The normalized spacial score (nSPS) is 11.2. The van der Waals surface area contributed by atoms with Crippen LogP contribution in [0.15, 0.2) is 53.0 Å². The maximum absolute atomic E-state index is 14.1. The van der Waals surface area contributed by atoms with E-state index in [2.05, 4.69) is 10.3 Å². The number of carbonyl (C=O) groups is 1. The monoisotopic (exact) mass is 392 g/mol. The number of hydrogen-bond donors (Lipinski definition) is 1. The number of carbonyl (C=O) groups excluding carboxylic acids is 1. The highest BCUT2D eigenvalue weighted by molar-refractivity contribution is 6.01. The highest BCUT2D eigenvalue weighted by atomic mass is 19.1. The van der Waals surface area contributed by atoms with Gasteiger partial charge in [-0.1, -0.05) is 18.2 Å². The highest BCUT2D eigenvalue weighted by Gasteiger charge is 2.18. The predicted octanol–water partition coefficient (Wildman–Crippen LogP) is 2.98. The molecule has 1 aromatic carbocycles. The zero-order chi connectivity index (χ0) is 21.0. The van der Waals surface area contributed by atoms with Crippen molar-refractivity contribution in [1.82, 2.24) is 14.7 Å². The zero-order valence-electron chi connectivity index (χ0n) is 15.8. The number of pyridine rings is 1. The van der Waals surface area contributed by atoms with Crippen LogP contribution in [0.2, 0.25) is 0 Å². The molecule has 0 aliphatic carbocycles. The van der Waals surface area contributed by atoms with Crippen LogP contribution in [-0.4, -0.2) is 21.8 Å². The van der Waals surface area contributed by atoms with E-state index >= 15 is 0 Å². The van der Waals surface area contributed by atoms with Crippen molar-refractivity contribution in [2.24, 2.45) is 0 Å². The number of likely N-dealkylation sites (N-methyl/N-ethyl adjacent to an activating group) is 1. The highest BCUT2D eigenvalue weighted by Crippen LogP contribution is 2.26. The van der Waals surface area contributed by atoms with Gasteiger partial charge in [0, 0.05) is 12.7 Å². The lowest BCUT2D eigenvalue weighted by molar-refractivity contribution is -0.116. The number of nitrogens with one attached hydrogen (secondary N) is 1. The summed E-state index contributed by atoms with van der Waals surface area (Å²) >= 11 is 0. The summed E-state index contributed by atoms with van der Waals surface area (Å²) in [4.78, 5) is 29.5. The van der Waals surface area contributed by atoms with E-state index in [-0.39, 0.29) is 22.8 Å². The summed E-state index contributed by atoms with van der Waals surface area (Å²) in [6, 6.07) is 10.9. The summed E-state index contributed by atoms with van der Waals surface area (Å²) < 4.78 is 21.0. The summed E-state index contributed by atoms with van der Waals surface area (Å²) in [5.41, 5.74) is 0.0261. The van der Waals surface area contributed by atoms with Crippen LogP contribution in [0.5, 0.6) is 11.6 Å². The Balaban J connectivity index is 2.27. The van der Waals surface area contributed by atoms with Gasteiger partial charge in [-0.15, -0.1) is 0 Å². The first-order valence-corrected chi connectivity index (χ1v) is 8.80. The van der Waals surface area contributed by atoms with Crippen molar-refractivity contribution in [2.75, 3.05) is 6.54 Å². The van der Waals surface area contributed by atoms with Gasteiger partial charge in [-0.25, -0.2) is 4.39 Å². The summed E-state index contributed by atoms with van der Waals surface area (Å²) in [5, 5.41) is 11.8. The summed E-state index contributed by atoms with van der Waals surface area (Å²) in [6.07, 6.45) is 2.62. The third-order valence-electron chi connectivity index (χ3n) is 4.08. The molecule has 0 bridgehead atoms. The molecule has 8 heteroatoms. The molecule has 0 spiro atoms. The molecule has 3 rings (SSSR count). The lowest BCUT2D eigenvalue weighted by Crippen LogP contribution is -2.25. The van der Waals surface area contributed by atoms with Crippen LogP contribution in [0, 0.1) is 24.1 Å². The standard InChI is InChI=1S/C21H17FN4O3/c1-3-24-19(27)14(12-23)11-15-20(29-17-9-5-4-8-16(17)22)25-18-13(2)7-6-10-26(18)21(15)28/h4-11H,3H2,1-2H3,(H,24,27)/b14-11+. The molecule has 2 heterocycles. The number of benzene rings is 1. The largest absolute Gasteiger partial charge is 0.435 e. The van der Waals surface area contributed by atoms with Gasteiger partial charge in [-0.3, -0.25) is 14.0 Å². The van der Waals surface area contributed by atoms with Gasteiger partial charge < -0.3 is 10.1 Å². The topological polar surface area (TPSA) is 96.5 Å². The Hall–Kier alpha value is -3.99. The fraction of sp³-hybridized carbons (Fsp3) is 0.143. The Bertz CT molecular complexity index is 1220. The fourth-order valence-corrected chi connectivity index (χ4v) is 2.67. The second-order valence-corrected chi connectivity index (χ2v) is 6.08. The Labute approximate surface area is 165 Å². The zero-order valence-corrected chi connectivity index (χ0v) is 15.8. The maximum Gasteiger partial charge on any atom is 0.269 e. The number of nitrogens with zero attached hydrogens (tertiary/aromatic N) is 3. The number of aryl methyl sites for hydroxylation is 1. The number of halogens is 1. The molecule has 1 amide bonds. The Morgan fingerprint density at radius 2 is 2.10 bits per heavy atom. The number of amides is 1. The molecular formula is C21H17FN4O3. The third-order valence-corrected chi connectivity index (χ3v) is 4.08. The fourth-order valence-electron chi connectivity index (χ4n) is 2.67. The minimum Gasteiger partial charge on any atom is -0.435 e. The van der Waals surface area contributed by atoms with Crippen molar-refractivity contribution >= 4 is 17.6 Å². The van der Waals surface area contributed by atoms with Crippen LogP contribution in [-0.2, 0) is 4.79 Å². The van der Waals surface area contributed by atoms with Crippen LogP contribution >= 0.6 is 0 Å². The van der Waals surface area contributed by atoms with Gasteiger partial charge in [-0.05, 0) is 43.7 Å². The van der Waals surface area contributed by atoms with E-state index in [1.54, 1.807) is 38.1 Å². The lowest BCUT2D eigenvalue weighted by atomic mass is 10.1. The van der Waals surface area contributed by atoms with Crippen molar-refractivity contribution in [3.05, 3.63) is 75.5 Å². The van der Waals surface area contributed by atoms with Crippen LogP contribution in [0.25, 0.3) is 11.7 Å². The molecule has 0 saturated heterocycles. The average Bonchev–Trinajstić information content (AvgIpc) is 2.70. The minimum atomic E-state index is -0.640. The Kier molecular flexibility index (Phi) is 5.69. The van der Waals surface area contributed by atoms with Gasteiger partial charge in [-0.2, -0.15) is 10.2 Å². The number of rotatable bonds is 5. The van der Waals surface area contributed by atoms with E-state index in [0.717, 1.165) is 6.08 Å². The SMILES string of the molecule is CCNC(=O)/C(C#N)=C/c1c(Oc2ccccc2F)nc2c(C)cccn2c1=O. The molecule has 146 valence electrons. The number of aromatic nitrogens is 2. The molecule has 29 heavy (non-hydrogen) atoms. The molecule has 2 aromatic heterocycles. The van der Waals surface area contributed by atoms with Crippen molar-refractivity contribution in [1.29, 1.82) is 5.26 Å². The number of nitriles is 1. The maximum atomic E-state index is 14.1. The Morgan fingerprint density at radius 3 is 2.79 bits per heavy atom. The summed E-state index contributed by atoms with van der Waals surface area (Å²) in [6.45, 7) is 3.78. The van der Waals surface area contributed by atoms with Gasteiger partial charge in [0.25, 0.3) is 11.5 Å². The van der Waals surface area contributed by atoms with Crippen LogP contribution < -0.4 is 15.6 Å². The van der Waals surface area contributed by atoms with E-state index in [1.165, 1.54) is 28.8 Å². The Morgan fingerprint density at radius 1 is 1.34 bits per heavy atom. The van der Waals surface area contributed by atoms with Crippen molar-refractivity contribution < 1.29 is 13.9 Å². The van der Waals surface area contributed by atoms with Gasteiger partial charge in [0.05, 0.1) is 0 Å². The molecule has 0 unspecified atom stereocenters. The number of hydrogen-bond acceptors (Lipinski definition) is 5. The van der Waals surface area contributed by atoms with Crippen LogP contribution in [0.3, 0.4) is 0 Å². The van der Waals surface area contributed by atoms with E-state index in [0.29, 0.717) is 17.8 Å². The van der Waals surface area contributed by atoms with Gasteiger partial charge in [0.1, 0.15) is 22.9 Å². The molecule has 0 radical (unpaired) electrons. The second kappa shape index (κ2) is 8.35. The summed E-state index contributed by atoms with van der Waals surface area (Å²) in [7, 11) is 0. The predicted molar refractivity (Wildman–Crippen MR) is 105 cm³/mol. The second-order valence-electron chi connectivity index (χ2n) is 6.08. The minimum absolute atomic E-state index is 0.136. The molecule has 0 aliphatic heterocycles. The number of para-hydroxylation sites is 1. The number of ether oxygens (including phenoxy) is 1. The first-order valence-electron chi connectivity index (χ1n) is 8.80. The number of fused-ring (bicyclic) bond motifs is 1. The first kappa shape index (κ1) is 19.8. The smallest absolute Gasteiger partial charge is 0.269 e. The van der Waals surface area contributed by atoms with Gasteiger partial charge in [0.2, 0.25) is 5.88 Å². The van der Waals surface area contributed by atoms with Crippen molar-refractivity contribution in [3.63, 3.8) is 0 Å². The van der Waals surface area contributed by atoms with E-state index in [1.807, 2.05) is 0 Å². The third kappa shape index (κ3) is 3.99. The average molecular weight is 392 g/mol. The molecule has 0 saturated carbocycles. The molecule has 3 aromatic rings. The molecule has 7 nitrogen and oxygen atoms in total. The molecule has 1 N–H and O–H groups in total. The quantitative estimate of drug-likeness (QED) is 0.532. The van der Waals surface area contributed by atoms with E-state index in [9.17, 15) is 19.2 Å². The van der Waals surface area contributed by atoms with Crippen LogP contribution in [0.4, 0.5) is 4.39 Å². The van der Waals surface area contributed by atoms with Crippen LogP contribution in [0.1, 0.15) is 18.1 Å². The summed E-state index contributed by atoms with van der Waals surface area (Å²) in [5.74, 6) is -1.62. The van der Waals surface area contributed by atoms with E-state index < -0.39 is 17.3 Å². The first-order chi connectivity index (χ1) is 14.0. The van der Waals surface area contributed by atoms with Gasteiger partial charge >= 0.3 is 0 Å². The van der Waals surface area contributed by atoms with Crippen molar-refractivity contribution in [3.8, 4) is 17.7 Å². The lowest BCUT2D eigenvalue weighted by Gasteiger charge is -2.12. The molecule has 0 fully saturated rings.